The summed E-state index contributed by atoms with van der Waals surface area (Å²) < 4.78 is 30.8. The molecule has 2 aliphatic rings. The Morgan fingerprint density at radius 1 is 1.21 bits per heavy atom. The summed E-state index contributed by atoms with van der Waals surface area (Å²) in [5.41, 5.74) is -0.576. The van der Waals surface area contributed by atoms with E-state index in [-0.39, 0.29) is 27.9 Å². The molecule has 0 aromatic heterocycles. The van der Waals surface area contributed by atoms with Crippen LogP contribution >= 0.6 is 11.8 Å². The molecule has 0 fully saturated rings. The number of amidine groups is 2. The standard InChI is InChI=1S/C20H15N5O6S2/c1-2-17-23-24-18(21)13(19(26)22-20(24)32-17)11-12-7-3-5-9-15(12)31-33(29,30)16-10-6-4-8-14(16)25(27)28/h3-11,21H,2H2,1H3. The van der Waals surface area contributed by atoms with Crippen LogP contribution in [-0.4, -0.2) is 40.3 Å². The van der Waals surface area contributed by atoms with Crippen molar-refractivity contribution in [2.45, 2.75) is 18.2 Å². The second-order valence-corrected chi connectivity index (χ2v) is 9.22. The Kier molecular flexibility index (Phi) is 5.82. The van der Waals surface area contributed by atoms with E-state index in [4.69, 9.17) is 9.59 Å². The highest BCUT2D eigenvalue weighted by atomic mass is 32.2. The van der Waals surface area contributed by atoms with E-state index in [0.717, 1.165) is 12.1 Å². The average Bonchev–Trinajstić information content (AvgIpc) is 3.20. The molecule has 168 valence electrons. The highest BCUT2D eigenvalue weighted by Crippen LogP contribution is 2.32. The number of fused-ring (bicyclic) bond motifs is 1. The van der Waals surface area contributed by atoms with Gasteiger partial charge < -0.3 is 4.18 Å². The number of nitro groups is 1. The number of hydrazone groups is 1. The van der Waals surface area contributed by atoms with Crippen LogP contribution in [0.2, 0.25) is 0 Å². The van der Waals surface area contributed by atoms with Crippen LogP contribution in [-0.2, 0) is 14.9 Å². The van der Waals surface area contributed by atoms with Crippen LogP contribution in [0.25, 0.3) is 6.08 Å². The lowest BCUT2D eigenvalue weighted by Crippen LogP contribution is -2.35. The third kappa shape index (κ3) is 4.27. The summed E-state index contributed by atoms with van der Waals surface area (Å²) in [6, 6.07) is 10.7. The third-order valence-corrected chi connectivity index (χ3v) is 6.88. The van der Waals surface area contributed by atoms with Crippen molar-refractivity contribution in [2.75, 3.05) is 0 Å². The van der Waals surface area contributed by atoms with E-state index in [9.17, 15) is 23.3 Å². The number of para-hydroxylation sites is 2. The Hall–Kier alpha value is -3.84. The van der Waals surface area contributed by atoms with Crippen molar-refractivity contribution in [1.29, 1.82) is 5.41 Å². The average molecular weight is 486 g/mol. The maximum absolute atomic E-state index is 12.8. The third-order valence-electron chi connectivity index (χ3n) is 4.55. The number of carbonyl (C=O) groups is 1. The molecule has 0 radical (unpaired) electrons. The predicted molar refractivity (Wildman–Crippen MR) is 123 cm³/mol. The second-order valence-electron chi connectivity index (χ2n) is 6.67. The van der Waals surface area contributed by atoms with Gasteiger partial charge in [-0.15, -0.1) is 0 Å². The van der Waals surface area contributed by atoms with Gasteiger partial charge in [-0.3, -0.25) is 20.3 Å². The van der Waals surface area contributed by atoms with Crippen LogP contribution < -0.4 is 4.18 Å². The summed E-state index contributed by atoms with van der Waals surface area (Å²) in [5.74, 6) is -1.06. The molecule has 11 nitrogen and oxygen atoms in total. The Morgan fingerprint density at radius 2 is 1.91 bits per heavy atom. The fourth-order valence-electron chi connectivity index (χ4n) is 2.99. The van der Waals surface area contributed by atoms with Crippen LogP contribution in [0.1, 0.15) is 18.9 Å². The summed E-state index contributed by atoms with van der Waals surface area (Å²) in [6.45, 7) is 1.89. The molecule has 0 atom stereocenters. The number of rotatable bonds is 6. The summed E-state index contributed by atoms with van der Waals surface area (Å²) >= 11 is 1.20. The number of benzene rings is 2. The molecule has 1 amide bonds. The Morgan fingerprint density at radius 3 is 2.64 bits per heavy atom. The molecule has 0 spiro atoms. The quantitative estimate of drug-likeness (QED) is 0.282. The summed E-state index contributed by atoms with van der Waals surface area (Å²) in [4.78, 5) is 26.3. The molecule has 0 bridgehead atoms. The zero-order chi connectivity index (χ0) is 23.8. The number of nitrogens with one attached hydrogen (secondary N) is 1. The Bertz CT molecular complexity index is 1400. The van der Waals surface area contributed by atoms with Crippen molar-refractivity contribution in [1.82, 2.24) is 5.01 Å². The van der Waals surface area contributed by atoms with Gasteiger partial charge in [0.2, 0.25) is 5.17 Å². The molecule has 13 heteroatoms. The van der Waals surface area contributed by atoms with Crippen molar-refractivity contribution < 1.29 is 22.3 Å². The molecule has 2 aromatic rings. The molecule has 0 unspecified atom stereocenters. The first-order chi connectivity index (χ1) is 15.7. The SMILES string of the molecule is CCC1=NN2C(=N)C(=Cc3ccccc3OS(=O)(=O)c3ccccc3[N+](=O)[O-])C(=O)N=C2S1. The minimum absolute atomic E-state index is 0.111. The lowest BCUT2D eigenvalue weighted by molar-refractivity contribution is -0.387. The molecule has 0 aliphatic carbocycles. The van der Waals surface area contributed by atoms with Gasteiger partial charge in [0.15, 0.2) is 10.7 Å². The van der Waals surface area contributed by atoms with Crippen molar-refractivity contribution in [2.24, 2.45) is 10.1 Å². The van der Waals surface area contributed by atoms with E-state index in [1.807, 2.05) is 6.92 Å². The molecule has 2 aliphatic heterocycles. The van der Waals surface area contributed by atoms with Crippen molar-refractivity contribution in [3.8, 4) is 5.75 Å². The summed E-state index contributed by atoms with van der Waals surface area (Å²) in [5, 5.41) is 26.1. The van der Waals surface area contributed by atoms with Gasteiger partial charge in [-0.2, -0.15) is 23.5 Å². The van der Waals surface area contributed by atoms with E-state index in [0.29, 0.717) is 11.5 Å². The van der Waals surface area contributed by atoms with Crippen LogP contribution in [0, 0.1) is 15.5 Å². The number of nitrogens with zero attached hydrogens (tertiary/aromatic N) is 4. The monoisotopic (exact) mass is 485 g/mol. The first-order valence-electron chi connectivity index (χ1n) is 9.47. The number of hydrogen-bond acceptors (Lipinski definition) is 9. The van der Waals surface area contributed by atoms with Crippen LogP contribution in [0.15, 0.2) is 69.1 Å². The number of hydrogen-bond donors (Lipinski definition) is 1. The Balaban J connectivity index is 1.72. The normalized spacial score (nSPS) is 17.0. The lowest BCUT2D eigenvalue weighted by atomic mass is 10.1. The van der Waals surface area contributed by atoms with Crippen molar-refractivity contribution in [3.63, 3.8) is 0 Å². The van der Waals surface area contributed by atoms with Gasteiger partial charge in [0.25, 0.3) is 11.6 Å². The van der Waals surface area contributed by atoms with Crippen LogP contribution in [0.4, 0.5) is 5.69 Å². The largest absolute Gasteiger partial charge is 0.378 e. The topological polar surface area (TPSA) is 155 Å². The minimum atomic E-state index is -4.58. The molecule has 2 heterocycles. The molecule has 0 saturated heterocycles. The van der Waals surface area contributed by atoms with Crippen LogP contribution in [0.5, 0.6) is 5.75 Å². The van der Waals surface area contributed by atoms with Gasteiger partial charge in [-0.05, 0) is 36.4 Å². The smallest absolute Gasteiger partial charge is 0.346 e. The van der Waals surface area contributed by atoms with Crippen molar-refractivity contribution in [3.05, 3.63) is 69.8 Å². The van der Waals surface area contributed by atoms with Crippen LogP contribution in [0.3, 0.4) is 0 Å². The van der Waals surface area contributed by atoms with E-state index in [1.165, 1.54) is 53.2 Å². The van der Waals surface area contributed by atoms with Gasteiger partial charge in [0, 0.05) is 11.6 Å². The zero-order valence-corrected chi connectivity index (χ0v) is 18.6. The molecule has 0 saturated carbocycles. The number of aliphatic imine (C=N–C) groups is 1. The zero-order valence-electron chi connectivity index (χ0n) is 17.0. The van der Waals surface area contributed by atoms with Gasteiger partial charge in [-0.25, -0.2) is 0 Å². The first kappa shape index (κ1) is 22.4. The fourth-order valence-corrected chi connectivity index (χ4v) is 4.93. The highest BCUT2D eigenvalue weighted by molar-refractivity contribution is 8.26. The lowest BCUT2D eigenvalue weighted by Gasteiger charge is -2.20. The number of thioether (sulfide) groups is 1. The molecule has 33 heavy (non-hydrogen) atoms. The van der Waals surface area contributed by atoms with E-state index in [2.05, 4.69) is 10.1 Å². The second kappa shape index (κ2) is 8.60. The van der Waals surface area contributed by atoms with Crippen molar-refractivity contribution >= 4 is 55.6 Å². The maximum atomic E-state index is 12.8. The van der Waals surface area contributed by atoms with E-state index < -0.39 is 31.5 Å². The minimum Gasteiger partial charge on any atom is -0.378 e. The summed E-state index contributed by atoms with van der Waals surface area (Å²) in [7, 11) is -4.58. The van der Waals surface area contributed by atoms with Gasteiger partial charge >= 0.3 is 10.1 Å². The molecular formula is C20H15N5O6S2. The number of nitro benzene ring substituents is 1. The maximum Gasteiger partial charge on any atom is 0.346 e. The Labute approximate surface area is 192 Å². The molecular weight excluding hydrogens is 470 g/mol. The summed E-state index contributed by atoms with van der Waals surface area (Å²) in [6.07, 6.45) is 1.89. The van der Waals surface area contributed by atoms with Gasteiger partial charge in [0.1, 0.15) is 10.8 Å². The molecule has 4 rings (SSSR count). The number of amides is 1. The number of carbonyl (C=O) groups excluding carboxylic acids is 1. The van der Waals surface area contributed by atoms with E-state index in [1.54, 1.807) is 6.07 Å². The predicted octanol–water partition coefficient (Wildman–Crippen LogP) is 3.39. The van der Waals surface area contributed by atoms with E-state index >= 15 is 0 Å². The fraction of sp³-hybridized carbons (Fsp3) is 0.100. The first-order valence-corrected chi connectivity index (χ1v) is 11.7. The molecule has 1 N–H and O–H groups in total. The van der Waals surface area contributed by atoms with Gasteiger partial charge in [0.05, 0.1) is 10.5 Å². The highest BCUT2D eigenvalue weighted by Gasteiger charge is 2.35. The van der Waals surface area contributed by atoms with Gasteiger partial charge in [-0.1, -0.05) is 37.3 Å². The molecule has 2 aromatic carbocycles.